The van der Waals surface area contributed by atoms with Gasteiger partial charge in [0.1, 0.15) is 0 Å². The van der Waals surface area contributed by atoms with Crippen molar-refractivity contribution in [2.75, 3.05) is 18.5 Å². The largest absolute Gasteiger partial charge is 0.394 e. The third-order valence-electron chi connectivity index (χ3n) is 3.31. The summed E-state index contributed by atoms with van der Waals surface area (Å²) in [5, 5.41) is 21.0. The van der Waals surface area contributed by atoms with Crippen molar-refractivity contribution in [3.05, 3.63) is 29.3 Å². The molecule has 0 radical (unpaired) electrons. The molecule has 1 heterocycles. The highest BCUT2D eigenvalue weighted by Crippen LogP contribution is 2.30. The molecule has 114 valence electrons. The molecule has 21 heavy (non-hydrogen) atoms. The molecule has 6 nitrogen and oxygen atoms in total. The van der Waals surface area contributed by atoms with Gasteiger partial charge >= 0.3 is 0 Å². The van der Waals surface area contributed by atoms with E-state index in [2.05, 4.69) is 5.32 Å². The first kappa shape index (κ1) is 15.5. The molecule has 3 N–H and O–H groups in total. The van der Waals surface area contributed by atoms with Crippen molar-refractivity contribution in [3.63, 3.8) is 0 Å². The molecule has 2 rings (SSSR count). The third kappa shape index (κ3) is 2.91. The van der Waals surface area contributed by atoms with Crippen LogP contribution in [0, 0.1) is 0 Å². The molecule has 0 aliphatic carbocycles. The van der Waals surface area contributed by atoms with Gasteiger partial charge in [-0.1, -0.05) is 0 Å². The zero-order chi connectivity index (χ0) is 15.8. The summed E-state index contributed by atoms with van der Waals surface area (Å²) in [6, 6.07) is 4.89. The van der Waals surface area contributed by atoms with Gasteiger partial charge in [-0.05, 0) is 39.0 Å². The number of hydrogen-bond donors (Lipinski definition) is 3. The lowest BCUT2D eigenvalue weighted by molar-refractivity contribution is 0.0508. The average molecular weight is 292 g/mol. The Hall–Kier alpha value is -1.92. The Morgan fingerprint density at radius 1 is 1.19 bits per heavy atom. The number of carbonyl (C=O) groups is 2. The summed E-state index contributed by atoms with van der Waals surface area (Å²) in [4.78, 5) is 25.9. The van der Waals surface area contributed by atoms with Gasteiger partial charge in [-0.25, -0.2) is 0 Å². The van der Waals surface area contributed by atoms with Crippen molar-refractivity contribution in [2.45, 2.75) is 32.4 Å². The maximum Gasteiger partial charge on any atom is 0.262 e. The SMILES string of the molecule is CC(C)(C)N1C(=O)c2ccc(NCC(O)CO)cc2C1=O. The average Bonchev–Trinajstić information content (AvgIpc) is 2.67. The van der Waals surface area contributed by atoms with Gasteiger partial charge < -0.3 is 15.5 Å². The van der Waals surface area contributed by atoms with E-state index in [-0.39, 0.29) is 25.0 Å². The molecule has 0 saturated carbocycles. The number of fused-ring (bicyclic) bond motifs is 1. The molecule has 0 spiro atoms. The summed E-state index contributed by atoms with van der Waals surface area (Å²) in [5.41, 5.74) is 0.799. The third-order valence-corrected chi connectivity index (χ3v) is 3.31. The van der Waals surface area contributed by atoms with Gasteiger partial charge in [-0.3, -0.25) is 14.5 Å². The number of imide groups is 1. The zero-order valence-electron chi connectivity index (χ0n) is 12.4. The molecule has 0 bridgehead atoms. The number of nitrogens with zero attached hydrogens (tertiary/aromatic N) is 1. The first-order chi connectivity index (χ1) is 9.75. The standard InChI is InChI=1S/C15H20N2O4/c1-15(2,3)17-13(20)11-5-4-9(6-12(11)14(17)21)16-7-10(19)8-18/h4-6,10,16,18-19H,7-8H2,1-3H3. The minimum atomic E-state index is -0.873. The summed E-state index contributed by atoms with van der Waals surface area (Å²) in [6.07, 6.45) is -0.873. The summed E-state index contributed by atoms with van der Waals surface area (Å²) in [6.45, 7) is 5.26. The van der Waals surface area contributed by atoms with Crippen LogP contribution in [0.25, 0.3) is 0 Å². The fourth-order valence-corrected chi connectivity index (χ4v) is 2.26. The van der Waals surface area contributed by atoms with Gasteiger partial charge in [0.15, 0.2) is 0 Å². The Kier molecular flexibility index (Phi) is 4.02. The number of aliphatic hydroxyl groups is 2. The van der Waals surface area contributed by atoms with Crippen molar-refractivity contribution < 1.29 is 19.8 Å². The number of anilines is 1. The lowest BCUT2D eigenvalue weighted by Crippen LogP contribution is -2.45. The Morgan fingerprint density at radius 3 is 2.38 bits per heavy atom. The maximum atomic E-state index is 12.4. The minimum absolute atomic E-state index is 0.167. The van der Waals surface area contributed by atoms with Crippen LogP contribution in [-0.2, 0) is 0 Å². The van der Waals surface area contributed by atoms with Crippen LogP contribution in [0.2, 0.25) is 0 Å². The van der Waals surface area contributed by atoms with Crippen molar-refractivity contribution >= 4 is 17.5 Å². The fourth-order valence-electron chi connectivity index (χ4n) is 2.26. The summed E-state index contributed by atoms with van der Waals surface area (Å²) in [5.74, 6) is -0.599. The number of carbonyl (C=O) groups excluding carboxylic acids is 2. The lowest BCUT2D eigenvalue weighted by Gasteiger charge is -2.29. The number of hydrogen-bond acceptors (Lipinski definition) is 5. The predicted molar refractivity (Wildman–Crippen MR) is 78.3 cm³/mol. The second kappa shape index (κ2) is 5.46. The Morgan fingerprint density at radius 2 is 1.81 bits per heavy atom. The van der Waals surface area contributed by atoms with E-state index in [0.717, 1.165) is 0 Å². The lowest BCUT2D eigenvalue weighted by atomic mass is 10.1. The highest BCUT2D eigenvalue weighted by atomic mass is 16.3. The van der Waals surface area contributed by atoms with Gasteiger partial charge in [0, 0.05) is 17.8 Å². The highest BCUT2D eigenvalue weighted by Gasteiger charge is 2.41. The molecule has 0 saturated heterocycles. The Labute approximate surface area is 123 Å². The number of rotatable bonds is 4. The van der Waals surface area contributed by atoms with Crippen molar-refractivity contribution in [1.29, 1.82) is 0 Å². The van der Waals surface area contributed by atoms with Crippen LogP contribution in [0.3, 0.4) is 0 Å². The maximum absolute atomic E-state index is 12.4. The Balaban J connectivity index is 2.26. The van der Waals surface area contributed by atoms with Gasteiger partial charge in [0.2, 0.25) is 0 Å². The monoisotopic (exact) mass is 292 g/mol. The van der Waals surface area contributed by atoms with Crippen LogP contribution in [0.15, 0.2) is 18.2 Å². The molecule has 2 amide bonds. The molecule has 1 aliphatic heterocycles. The van der Waals surface area contributed by atoms with E-state index in [1.54, 1.807) is 18.2 Å². The number of benzene rings is 1. The topological polar surface area (TPSA) is 89.9 Å². The Bertz CT molecular complexity index is 578. The molecule has 0 fully saturated rings. The minimum Gasteiger partial charge on any atom is -0.394 e. The van der Waals surface area contributed by atoms with Crippen LogP contribution < -0.4 is 5.32 Å². The van der Waals surface area contributed by atoms with Crippen molar-refractivity contribution in [3.8, 4) is 0 Å². The second-order valence-electron chi connectivity index (χ2n) is 6.09. The summed E-state index contributed by atoms with van der Waals surface area (Å²) < 4.78 is 0. The van der Waals surface area contributed by atoms with Crippen LogP contribution in [0.1, 0.15) is 41.5 Å². The normalized spacial score (nSPS) is 16.1. The summed E-state index contributed by atoms with van der Waals surface area (Å²) >= 11 is 0. The first-order valence-electron chi connectivity index (χ1n) is 6.81. The van der Waals surface area contributed by atoms with E-state index in [0.29, 0.717) is 16.8 Å². The van der Waals surface area contributed by atoms with Crippen molar-refractivity contribution in [2.24, 2.45) is 0 Å². The van der Waals surface area contributed by atoms with E-state index < -0.39 is 11.6 Å². The van der Waals surface area contributed by atoms with Crippen LogP contribution in [0.5, 0.6) is 0 Å². The number of aliphatic hydroxyl groups excluding tert-OH is 2. The van der Waals surface area contributed by atoms with E-state index in [1.165, 1.54) is 4.90 Å². The quantitative estimate of drug-likeness (QED) is 0.716. The van der Waals surface area contributed by atoms with E-state index in [1.807, 2.05) is 20.8 Å². The molecular weight excluding hydrogens is 272 g/mol. The molecular formula is C15H20N2O4. The van der Waals surface area contributed by atoms with Gasteiger partial charge in [0.25, 0.3) is 11.8 Å². The molecule has 1 aromatic carbocycles. The van der Waals surface area contributed by atoms with Gasteiger partial charge in [-0.15, -0.1) is 0 Å². The smallest absolute Gasteiger partial charge is 0.262 e. The van der Waals surface area contributed by atoms with E-state index in [9.17, 15) is 14.7 Å². The van der Waals surface area contributed by atoms with Gasteiger partial charge in [-0.2, -0.15) is 0 Å². The number of nitrogens with one attached hydrogen (secondary N) is 1. The molecule has 0 aromatic heterocycles. The molecule has 6 heteroatoms. The highest BCUT2D eigenvalue weighted by molar-refractivity contribution is 6.22. The zero-order valence-corrected chi connectivity index (χ0v) is 12.4. The van der Waals surface area contributed by atoms with Crippen LogP contribution >= 0.6 is 0 Å². The second-order valence-corrected chi connectivity index (χ2v) is 6.09. The first-order valence-corrected chi connectivity index (χ1v) is 6.81. The molecule has 1 aromatic rings. The van der Waals surface area contributed by atoms with E-state index >= 15 is 0 Å². The van der Waals surface area contributed by atoms with Gasteiger partial charge in [0.05, 0.1) is 23.8 Å². The molecule has 1 atom stereocenters. The van der Waals surface area contributed by atoms with Crippen LogP contribution in [0.4, 0.5) is 5.69 Å². The molecule has 1 aliphatic rings. The predicted octanol–water partition coefficient (Wildman–Crippen LogP) is 0.846. The number of amides is 2. The van der Waals surface area contributed by atoms with E-state index in [4.69, 9.17) is 5.11 Å². The molecule has 1 unspecified atom stereocenters. The van der Waals surface area contributed by atoms with Crippen LogP contribution in [-0.4, -0.2) is 51.7 Å². The summed E-state index contributed by atoms with van der Waals surface area (Å²) in [7, 11) is 0. The fraction of sp³-hybridized carbons (Fsp3) is 0.467. The van der Waals surface area contributed by atoms with Crippen molar-refractivity contribution in [1.82, 2.24) is 4.90 Å².